The van der Waals surface area contributed by atoms with Crippen LogP contribution in [0.4, 0.5) is 11.5 Å². The van der Waals surface area contributed by atoms with Gasteiger partial charge in [-0.25, -0.2) is 4.98 Å². The van der Waals surface area contributed by atoms with Gasteiger partial charge in [0.2, 0.25) is 0 Å². The summed E-state index contributed by atoms with van der Waals surface area (Å²) in [4.78, 5) is 6.50. The van der Waals surface area contributed by atoms with Crippen LogP contribution in [-0.4, -0.2) is 18.6 Å². The molecule has 3 nitrogen and oxygen atoms in total. The third kappa shape index (κ3) is 3.96. The van der Waals surface area contributed by atoms with Gasteiger partial charge in [0.25, 0.3) is 0 Å². The average molecular weight is 320 g/mol. The predicted molar refractivity (Wildman–Crippen MR) is 84.6 cm³/mol. The molecular formula is C15H18BrN3. The molecular weight excluding hydrogens is 302 g/mol. The first-order valence-corrected chi connectivity index (χ1v) is 7.14. The Labute approximate surface area is 122 Å². The molecule has 2 aromatic rings. The van der Waals surface area contributed by atoms with Crippen molar-refractivity contribution < 1.29 is 0 Å². The highest BCUT2D eigenvalue weighted by Crippen LogP contribution is 2.19. The van der Waals surface area contributed by atoms with Crippen LogP contribution in [0.5, 0.6) is 0 Å². The highest BCUT2D eigenvalue weighted by Gasteiger charge is 2.04. The van der Waals surface area contributed by atoms with E-state index in [-0.39, 0.29) is 0 Å². The molecule has 0 aliphatic carbocycles. The average Bonchev–Trinajstić information content (AvgIpc) is 2.39. The Morgan fingerprint density at radius 1 is 1.26 bits per heavy atom. The minimum Gasteiger partial charge on any atom is -0.370 e. The van der Waals surface area contributed by atoms with Gasteiger partial charge < -0.3 is 10.2 Å². The van der Waals surface area contributed by atoms with Crippen molar-refractivity contribution in [2.24, 2.45) is 0 Å². The van der Waals surface area contributed by atoms with Gasteiger partial charge in [-0.2, -0.15) is 0 Å². The molecule has 2 rings (SSSR count). The second-order valence-electron chi connectivity index (χ2n) is 4.42. The van der Waals surface area contributed by atoms with Gasteiger partial charge in [-0.1, -0.05) is 28.1 Å². The summed E-state index contributed by atoms with van der Waals surface area (Å²) >= 11 is 3.50. The normalized spacial score (nSPS) is 10.3. The van der Waals surface area contributed by atoms with E-state index in [2.05, 4.69) is 69.4 Å². The van der Waals surface area contributed by atoms with Crippen LogP contribution in [0.15, 0.2) is 47.1 Å². The van der Waals surface area contributed by atoms with E-state index in [9.17, 15) is 0 Å². The van der Waals surface area contributed by atoms with Crippen molar-refractivity contribution >= 4 is 27.4 Å². The molecule has 0 amide bonds. The van der Waals surface area contributed by atoms with Gasteiger partial charge in [0.1, 0.15) is 5.82 Å². The molecule has 1 N–H and O–H groups in total. The number of nitrogens with one attached hydrogen (secondary N) is 1. The Kier molecular flexibility index (Phi) is 4.80. The maximum absolute atomic E-state index is 4.29. The van der Waals surface area contributed by atoms with E-state index in [1.165, 1.54) is 5.56 Å². The molecule has 1 aromatic heterocycles. The fraction of sp³-hybridized carbons (Fsp3) is 0.267. The number of aromatic nitrogens is 1. The molecule has 0 atom stereocenters. The Balaban J connectivity index is 2.11. The first-order valence-electron chi connectivity index (χ1n) is 6.34. The van der Waals surface area contributed by atoms with E-state index in [0.29, 0.717) is 0 Å². The van der Waals surface area contributed by atoms with Crippen LogP contribution in [0, 0.1) is 0 Å². The molecule has 0 bridgehead atoms. The smallest absolute Gasteiger partial charge is 0.127 e. The summed E-state index contributed by atoms with van der Waals surface area (Å²) in [5.74, 6) is 0.918. The molecule has 0 saturated carbocycles. The standard InChI is InChI=1S/C15H18BrN3/c1-3-17-15-10-14(7-8-18-15)19(2)11-12-5-4-6-13(16)9-12/h4-10H,3,11H2,1-2H3,(H,17,18). The van der Waals surface area contributed by atoms with Crippen molar-refractivity contribution in [3.63, 3.8) is 0 Å². The predicted octanol–water partition coefficient (Wildman–Crippen LogP) is 3.91. The second kappa shape index (κ2) is 6.57. The van der Waals surface area contributed by atoms with E-state index in [4.69, 9.17) is 0 Å². The first kappa shape index (κ1) is 13.9. The number of hydrogen-bond donors (Lipinski definition) is 1. The third-order valence-corrected chi connectivity index (χ3v) is 3.34. The lowest BCUT2D eigenvalue weighted by molar-refractivity contribution is 0.920. The van der Waals surface area contributed by atoms with Gasteiger partial charge in [-0.3, -0.25) is 0 Å². The van der Waals surface area contributed by atoms with Crippen molar-refractivity contribution in [1.29, 1.82) is 0 Å². The number of anilines is 2. The van der Waals surface area contributed by atoms with E-state index in [0.717, 1.165) is 29.1 Å². The fourth-order valence-electron chi connectivity index (χ4n) is 1.94. The van der Waals surface area contributed by atoms with Gasteiger partial charge in [-0.05, 0) is 30.7 Å². The highest BCUT2D eigenvalue weighted by atomic mass is 79.9. The van der Waals surface area contributed by atoms with Crippen LogP contribution in [0.25, 0.3) is 0 Å². The van der Waals surface area contributed by atoms with E-state index in [1.807, 2.05) is 18.3 Å². The van der Waals surface area contributed by atoms with E-state index < -0.39 is 0 Å². The summed E-state index contributed by atoms with van der Waals surface area (Å²) in [5.41, 5.74) is 2.43. The molecule has 0 spiro atoms. The lowest BCUT2D eigenvalue weighted by atomic mass is 10.2. The molecule has 0 fully saturated rings. The molecule has 100 valence electrons. The summed E-state index contributed by atoms with van der Waals surface area (Å²) in [6.45, 7) is 3.82. The van der Waals surface area contributed by atoms with Crippen LogP contribution < -0.4 is 10.2 Å². The summed E-state index contributed by atoms with van der Waals surface area (Å²) in [5, 5.41) is 3.23. The quantitative estimate of drug-likeness (QED) is 0.905. The number of benzene rings is 1. The molecule has 0 radical (unpaired) electrons. The lowest BCUT2D eigenvalue weighted by Gasteiger charge is -2.20. The van der Waals surface area contributed by atoms with Crippen LogP contribution in [0.1, 0.15) is 12.5 Å². The number of hydrogen-bond acceptors (Lipinski definition) is 3. The monoisotopic (exact) mass is 319 g/mol. The number of rotatable bonds is 5. The number of pyridine rings is 1. The van der Waals surface area contributed by atoms with Crippen molar-refractivity contribution in [2.75, 3.05) is 23.8 Å². The number of halogens is 1. The summed E-state index contributed by atoms with van der Waals surface area (Å²) < 4.78 is 1.11. The van der Waals surface area contributed by atoms with Gasteiger partial charge in [0.15, 0.2) is 0 Å². The molecule has 0 aliphatic rings. The minimum absolute atomic E-state index is 0.870. The Bertz CT molecular complexity index is 542. The van der Waals surface area contributed by atoms with Crippen molar-refractivity contribution in [3.05, 3.63) is 52.6 Å². The van der Waals surface area contributed by atoms with E-state index >= 15 is 0 Å². The fourth-order valence-corrected chi connectivity index (χ4v) is 2.38. The first-order chi connectivity index (χ1) is 9.19. The van der Waals surface area contributed by atoms with E-state index in [1.54, 1.807) is 0 Å². The molecule has 1 heterocycles. The molecule has 1 aromatic carbocycles. The van der Waals surface area contributed by atoms with Gasteiger partial charge in [-0.15, -0.1) is 0 Å². The Hall–Kier alpha value is -1.55. The SMILES string of the molecule is CCNc1cc(N(C)Cc2cccc(Br)c2)ccn1. The third-order valence-electron chi connectivity index (χ3n) is 2.85. The van der Waals surface area contributed by atoms with Crippen molar-refractivity contribution in [3.8, 4) is 0 Å². The maximum atomic E-state index is 4.29. The zero-order chi connectivity index (χ0) is 13.7. The summed E-state index contributed by atoms with van der Waals surface area (Å²) in [6, 6.07) is 12.5. The Morgan fingerprint density at radius 3 is 2.84 bits per heavy atom. The molecule has 4 heteroatoms. The van der Waals surface area contributed by atoms with Gasteiger partial charge in [0.05, 0.1) is 0 Å². The van der Waals surface area contributed by atoms with Crippen molar-refractivity contribution in [2.45, 2.75) is 13.5 Å². The molecule has 19 heavy (non-hydrogen) atoms. The van der Waals surface area contributed by atoms with Crippen LogP contribution in [0.2, 0.25) is 0 Å². The van der Waals surface area contributed by atoms with Gasteiger partial charge >= 0.3 is 0 Å². The summed E-state index contributed by atoms with van der Waals surface area (Å²) in [7, 11) is 2.09. The molecule has 0 saturated heterocycles. The van der Waals surface area contributed by atoms with Crippen molar-refractivity contribution in [1.82, 2.24) is 4.98 Å². The second-order valence-corrected chi connectivity index (χ2v) is 5.33. The zero-order valence-electron chi connectivity index (χ0n) is 11.2. The molecule has 0 unspecified atom stereocenters. The zero-order valence-corrected chi connectivity index (χ0v) is 12.8. The van der Waals surface area contributed by atoms with Crippen LogP contribution in [-0.2, 0) is 6.54 Å². The van der Waals surface area contributed by atoms with Crippen LogP contribution in [0.3, 0.4) is 0 Å². The largest absolute Gasteiger partial charge is 0.370 e. The number of nitrogens with zero attached hydrogens (tertiary/aromatic N) is 2. The highest BCUT2D eigenvalue weighted by molar-refractivity contribution is 9.10. The minimum atomic E-state index is 0.870. The lowest BCUT2D eigenvalue weighted by Crippen LogP contribution is -2.16. The van der Waals surface area contributed by atoms with Gasteiger partial charge in [0, 0.05) is 42.6 Å². The topological polar surface area (TPSA) is 28.2 Å². The maximum Gasteiger partial charge on any atom is 0.127 e. The molecule has 0 aliphatic heterocycles. The van der Waals surface area contributed by atoms with Crippen LogP contribution >= 0.6 is 15.9 Å². The Morgan fingerprint density at radius 2 is 2.11 bits per heavy atom. The summed E-state index contributed by atoms with van der Waals surface area (Å²) in [6.07, 6.45) is 1.84.